The Labute approximate surface area is 150 Å². The predicted octanol–water partition coefficient (Wildman–Crippen LogP) is -1.11. The van der Waals surface area contributed by atoms with Gasteiger partial charge < -0.3 is 35.5 Å². The number of hydrogen-bond acceptors (Lipinski definition) is 1. The third kappa shape index (κ3) is 10.3. The van der Waals surface area contributed by atoms with E-state index in [1.54, 1.807) is 0 Å². The van der Waals surface area contributed by atoms with Crippen LogP contribution in [0.4, 0.5) is 0 Å². The zero-order chi connectivity index (χ0) is 12.8. The van der Waals surface area contributed by atoms with Crippen LogP contribution in [-0.4, -0.2) is 6.61 Å². The molecule has 1 rings (SSSR count). The minimum atomic E-state index is 0. The Morgan fingerprint density at radius 3 is 1.74 bits per heavy atom. The quantitative estimate of drug-likeness (QED) is 0.222. The zero-order valence-corrected chi connectivity index (χ0v) is 17.9. The van der Waals surface area contributed by atoms with Crippen LogP contribution in [0.3, 0.4) is 0 Å². The van der Waals surface area contributed by atoms with Crippen LogP contribution in [-0.2, 0) is 30.7 Å². The van der Waals surface area contributed by atoms with Crippen LogP contribution in [0.5, 0.6) is 0 Å². The monoisotopic (exact) mass is 473 g/mol. The van der Waals surface area contributed by atoms with Crippen LogP contribution in [0.1, 0.15) is 54.4 Å². The summed E-state index contributed by atoms with van der Waals surface area (Å²) < 4.78 is 0. The molecule has 0 radical (unpaired) electrons. The first-order valence-corrected chi connectivity index (χ1v) is 5.95. The van der Waals surface area contributed by atoms with Gasteiger partial charge in [0.25, 0.3) is 0 Å². The normalized spacial score (nSPS) is 15.2. The van der Waals surface area contributed by atoms with Crippen LogP contribution in [0, 0.1) is 11.5 Å². The SMILES string of the molecule is CC1=[C-]C(C)(C)C(C)=C1C.CCCCO[NH-].[Cl-].[Cl-].[Hf+4]. The summed E-state index contributed by atoms with van der Waals surface area (Å²) in [6.07, 6.45) is 5.55. The van der Waals surface area contributed by atoms with Crippen molar-refractivity contribution in [2.45, 2.75) is 54.4 Å². The van der Waals surface area contributed by atoms with E-state index in [2.05, 4.69) is 52.5 Å². The summed E-state index contributed by atoms with van der Waals surface area (Å²) in [5.41, 5.74) is 4.39. The zero-order valence-electron chi connectivity index (χ0n) is 12.8. The van der Waals surface area contributed by atoms with Gasteiger partial charge in [0.1, 0.15) is 0 Å². The molecule has 0 aromatic heterocycles. The molecule has 0 aromatic carbocycles. The molecule has 0 amide bonds. The van der Waals surface area contributed by atoms with Gasteiger partial charge in [0, 0.05) is 6.61 Å². The molecular formula is C14H25Cl2HfNO. The smallest absolute Gasteiger partial charge is 1.00 e. The van der Waals surface area contributed by atoms with Crippen molar-refractivity contribution in [1.82, 2.24) is 0 Å². The molecule has 0 atom stereocenters. The molecule has 5 heteroatoms. The molecule has 2 nitrogen and oxygen atoms in total. The van der Waals surface area contributed by atoms with E-state index in [9.17, 15) is 0 Å². The molecule has 0 heterocycles. The number of hydrogen-bond donors (Lipinski definition) is 0. The summed E-state index contributed by atoms with van der Waals surface area (Å²) in [6.45, 7) is 13.6. The molecule has 0 spiro atoms. The third-order valence-corrected chi connectivity index (χ3v) is 3.16. The van der Waals surface area contributed by atoms with Gasteiger partial charge in [0.05, 0.1) is 0 Å². The van der Waals surface area contributed by atoms with Gasteiger partial charge in [-0.3, -0.25) is 6.08 Å². The molecule has 0 unspecified atom stereocenters. The van der Waals surface area contributed by atoms with Gasteiger partial charge in [-0.1, -0.05) is 46.5 Å². The number of nitrogens with one attached hydrogen (secondary N) is 1. The maximum absolute atomic E-state index is 6.21. The van der Waals surface area contributed by atoms with E-state index in [1.165, 1.54) is 16.7 Å². The number of halogens is 2. The number of rotatable bonds is 3. The molecule has 1 aliphatic rings. The van der Waals surface area contributed by atoms with Crippen molar-refractivity contribution in [3.8, 4) is 0 Å². The van der Waals surface area contributed by atoms with Crippen LogP contribution < -0.4 is 24.8 Å². The van der Waals surface area contributed by atoms with Gasteiger partial charge in [0.2, 0.25) is 0 Å². The van der Waals surface area contributed by atoms with Crippen molar-refractivity contribution in [2.24, 2.45) is 5.41 Å². The van der Waals surface area contributed by atoms with Gasteiger partial charge in [-0.25, -0.2) is 5.57 Å². The van der Waals surface area contributed by atoms with Gasteiger partial charge in [-0.05, 0) is 6.42 Å². The van der Waals surface area contributed by atoms with Crippen molar-refractivity contribution >= 4 is 0 Å². The van der Waals surface area contributed by atoms with Crippen molar-refractivity contribution in [3.63, 3.8) is 0 Å². The molecule has 1 N–H and O–H groups in total. The standard InChI is InChI=1S/C10H15.C4H10NO.2ClH.Hf/c1-7-6-10(4,5)9(3)8(7)2;1-2-3-4-6-5;;;/h1-5H3;5H,2-4H2,1H3;2*1H;/q2*-1;;;+4/p-2. The molecule has 19 heavy (non-hydrogen) atoms. The average molecular weight is 473 g/mol. The van der Waals surface area contributed by atoms with Crippen LogP contribution >= 0.6 is 0 Å². The topological polar surface area (TPSA) is 33.0 Å². The Morgan fingerprint density at radius 1 is 1.16 bits per heavy atom. The van der Waals surface area contributed by atoms with Crippen molar-refractivity contribution in [2.75, 3.05) is 6.61 Å². The van der Waals surface area contributed by atoms with Gasteiger partial charge in [-0.2, -0.15) is 11.1 Å². The molecule has 1 aliphatic carbocycles. The molecule has 0 saturated heterocycles. The van der Waals surface area contributed by atoms with E-state index in [4.69, 9.17) is 5.90 Å². The average Bonchev–Trinajstić information content (AvgIpc) is 2.40. The van der Waals surface area contributed by atoms with E-state index in [0.717, 1.165) is 12.8 Å². The molecule has 0 bridgehead atoms. The van der Waals surface area contributed by atoms with E-state index >= 15 is 0 Å². The molecule has 110 valence electrons. The van der Waals surface area contributed by atoms with Crippen LogP contribution in [0.2, 0.25) is 0 Å². The second-order valence-corrected chi connectivity index (χ2v) is 4.83. The first-order chi connectivity index (χ1) is 7.36. The fourth-order valence-electron chi connectivity index (χ4n) is 1.62. The second kappa shape index (κ2) is 13.8. The molecule has 0 fully saturated rings. The fourth-order valence-corrected chi connectivity index (χ4v) is 1.62. The van der Waals surface area contributed by atoms with Gasteiger partial charge in [0.15, 0.2) is 0 Å². The Balaban J connectivity index is -0.000000112. The van der Waals surface area contributed by atoms with Crippen LogP contribution in [0.15, 0.2) is 16.7 Å². The second-order valence-electron chi connectivity index (χ2n) is 4.83. The first-order valence-electron chi connectivity index (χ1n) is 5.95. The molecular weight excluding hydrogens is 448 g/mol. The minimum absolute atomic E-state index is 0. The van der Waals surface area contributed by atoms with Gasteiger partial charge in [-0.15, -0.1) is 6.92 Å². The Hall–Kier alpha value is 0.850. The molecule has 0 aliphatic heterocycles. The van der Waals surface area contributed by atoms with Crippen molar-refractivity contribution < 1.29 is 55.5 Å². The number of unbranched alkanes of at least 4 members (excludes halogenated alkanes) is 1. The Kier molecular flexibility index (Phi) is 20.4. The molecule has 0 saturated carbocycles. The third-order valence-electron chi connectivity index (χ3n) is 3.16. The summed E-state index contributed by atoms with van der Waals surface area (Å²) >= 11 is 0. The summed E-state index contributed by atoms with van der Waals surface area (Å²) in [7, 11) is 0. The van der Waals surface area contributed by atoms with Crippen LogP contribution in [0.25, 0.3) is 5.90 Å². The summed E-state index contributed by atoms with van der Waals surface area (Å²) in [5.74, 6) is 6.21. The van der Waals surface area contributed by atoms with E-state index < -0.39 is 0 Å². The van der Waals surface area contributed by atoms with Crippen molar-refractivity contribution in [3.05, 3.63) is 28.7 Å². The van der Waals surface area contributed by atoms with E-state index in [0.29, 0.717) is 6.61 Å². The maximum Gasteiger partial charge on any atom is 4.00 e. The van der Waals surface area contributed by atoms with Gasteiger partial charge >= 0.3 is 25.8 Å². The Bertz CT molecular complexity index is 285. The Morgan fingerprint density at radius 2 is 1.63 bits per heavy atom. The maximum atomic E-state index is 6.21. The summed E-state index contributed by atoms with van der Waals surface area (Å²) in [4.78, 5) is 4.03. The largest absolute Gasteiger partial charge is 4.00 e. The first kappa shape index (κ1) is 28.1. The number of allylic oxidation sites excluding steroid dienone is 4. The van der Waals surface area contributed by atoms with E-state index in [1.807, 2.05) is 0 Å². The predicted molar refractivity (Wildman–Crippen MR) is 69.8 cm³/mol. The molecule has 0 aromatic rings. The van der Waals surface area contributed by atoms with Crippen molar-refractivity contribution in [1.29, 1.82) is 0 Å². The minimum Gasteiger partial charge on any atom is -1.00 e. The van der Waals surface area contributed by atoms with E-state index in [-0.39, 0.29) is 56.1 Å². The summed E-state index contributed by atoms with van der Waals surface area (Å²) in [6, 6.07) is 0. The fraction of sp³-hybridized carbons (Fsp3) is 0.714. The summed E-state index contributed by atoms with van der Waals surface area (Å²) in [5, 5.41) is 0.